The molecule has 0 amide bonds. The van der Waals surface area contributed by atoms with Gasteiger partial charge in [-0.1, -0.05) is 6.58 Å². The lowest BCUT2D eigenvalue weighted by atomic mass is 10.1. The van der Waals surface area contributed by atoms with Gasteiger partial charge in [0.15, 0.2) is 17.4 Å². The molecule has 11 heteroatoms. The molecule has 4 aromatic rings. The second kappa shape index (κ2) is 10.8. The normalized spacial score (nSPS) is 14.3. The Morgan fingerprint density at radius 2 is 2.03 bits per heavy atom. The van der Waals surface area contributed by atoms with Gasteiger partial charge in [-0.2, -0.15) is 10.2 Å². The minimum absolute atomic E-state index is 0.00802. The van der Waals surface area contributed by atoms with Crippen molar-refractivity contribution in [2.45, 2.75) is 32.1 Å². The summed E-state index contributed by atoms with van der Waals surface area (Å²) in [5, 5.41) is 18.5. The van der Waals surface area contributed by atoms with Gasteiger partial charge in [0, 0.05) is 32.4 Å². The molecule has 4 heterocycles. The van der Waals surface area contributed by atoms with Crippen LogP contribution in [-0.2, 0) is 20.2 Å². The number of aromatic nitrogens is 5. The monoisotopic (exact) mass is 515 g/mol. The number of fused-ring (bicyclic) bond motifs is 1. The topological polar surface area (TPSA) is 122 Å². The maximum atomic E-state index is 14.1. The van der Waals surface area contributed by atoms with Gasteiger partial charge in [0.05, 0.1) is 29.9 Å². The summed E-state index contributed by atoms with van der Waals surface area (Å²) in [6.07, 6.45) is 4.90. The van der Waals surface area contributed by atoms with Gasteiger partial charge < -0.3 is 19.1 Å². The van der Waals surface area contributed by atoms with E-state index in [1.54, 1.807) is 24.5 Å². The molecule has 194 valence electrons. The van der Waals surface area contributed by atoms with Crippen molar-refractivity contribution in [2.75, 3.05) is 13.1 Å². The van der Waals surface area contributed by atoms with Crippen molar-refractivity contribution >= 4 is 16.8 Å². The van der Waals surface area contributed by atoms with Crippen LogP contribution in [0.1, 0.15) is 35.7 Å². The summed E-state index contributed by atoms with van der Waals surface area (Å²) >= 11 is 0. The van der Waals surface area contributed by atoms with Crippen LogP contribution in [-0.4, -0.2) is 53.7 Å². The van der Waals surface area contributed by atoms with Gasteiger partial charge in [-0.15, -0.1) is 0 Å². The van der Waals surface area contributed by atoms with E-state index in [1.165, 1.54) is 12.1 Å². The Labute approximate surface area is 218 Å². The van der Waals surface area contributed by atoms with Gasteiger partial charge in [-0.25, -0.2) is 14.4 Å². The van der Waals surface area contributed by atoms with Crippen LogP contribution in [0.3, 0.4) is 0 Å². The molecular weight excluding hydrogens is 489 g/mol. The van der Waals surface area contributed by atoms with E-state index in [0.717, 1.165) is 48.9 Å². The number of aliphatic hydroxyl groups is 1. The van der Waals surface area contributed by atoms with Gasteiger partial charge in [-0.3, -0.25) is 9.88 Å². The van der Waals surface area contributed by atoms with Crippen LogP contribution in [0.15, 0.2) is 49.3 Å². The molecule has 0 saturated carbocycles. The predicted octanol–water partition coefficient (Wildman–Crippen LogP) is 3.92. The first-order valence-electron chi connectivity index (χ1n) is 12.1. The van der Waals surface area contributed by atoms with Crippen LogP contribution >= 0.6 is 0 Å². The zero-order valence-electron chi connectivity index (χ0n) is 20.8. The molecule has 0 bridgehead atoms. The maximum Gasteiger partial charge on any atom is 0.216 e. The van der Waals surface area contributed by atoms with E-state index in [-0.39, 0.29) is 29.8 Å². The predicted molar refractivity (Wildman–Crippen MR) is 137 cm³/mol. The second-order valence-corrected chi connectivity index (χ2v) is 9.04. The van der Waals surface area contributed by atoms with Crippen molar-refractivity contribution in [3.8, 4) is 17.7 Å². The van der Waals surface area contributed by atoms with Gasteiger partial charge >= 0.3 is 0 Å². The third kappa shape index (κ3) is 5.55. The number of hydrogen-bond donors (Lipinski definition) is 1. The first-order valence-corrected chi connectivity index (χ1v) is 12.1. The van der Waals surface area contributed by atoms with Crippen molar-refractivity contribution in [3.05, 3.63) is 78.0 Å². The van der Waals surface area contributed by atoms with Gasteiger partial charge in [-0.05, 0) is 37.1 Å². The quantitative estimate of drug-likeness (QED) is 0.348. The number of ether oxygens (including phenoxy) is 2. The Hall–Kier alpha value is -4.56. The number of imidazole rings is 1. The van der Waals surface area contributed by atoms with Crippen molar-refractivity contribution in [2.24, 2.45) is 7.05 Å². The van der Waals surface area contributed by atoms with E-state index in [9.17, 15) is 9.50 Å². The largest absolute Gasteiger partial charge is 0.506 e. The van der Waals surface area contributed by atoms with E-state index < -0.39 is 5.82 Å². The minimum atomic E-state index is -0.612. The molecule has 1 aromatic carbocycles. The number of likely N-dealkylation sites (tertiary alicyclic amines) is 1. The molecule has 1 aliphatic heterocycles. The molecular formula is C27H26FN7O3. The second-order valence-electron chi connectivity index (χ2n) is 9.04. The fourth-order valence-corrected chi connectivity index (χ4v) is 4.35. The Kier molecular flexibility index (Phi) is 7.15. The SMILES string of the molecule is C=C(O)c1cc2c(cn1)nc(CN1CCC(Oc3ccnc(COc4ccc(C#N)cc4F)n3)CC1)n2C. The highest BCUT2D eigenvalue weighted by Crippen LogP contribution is 2.23. The lowest BCUT2D eigenvalue weighted by molar-refractivity contribution is 0.0909. The van der Waals surface area contributed by atoms with Crippen molar-refractivity contribution in [1.82, 2.24) is 29.4 Å². The number of nitriles is 1. The summed E-state index contributed by atoms with van der Waals surface area (Å²) in [6, 6.07) is 9.40. The average molecular weight is 516 g/mol. The average Bonchev–Trinajstić information content (AvgIpc) is 3.23. The molecule has 0 aliphatic carbocycles. The number of halogens is 1. The van der Waals surface area contributed by atoms with Crippen LogP contribution in [0.4, 0.5) is 4.39 Å². The molecule has 1 saturated heterocycles. The highest BCUT2D eigenvalue weighted by molar-refractivity contribution is 5.77. The Bertz CT molecular complexity index is 1520. The molecule has 1 aliphatic rings. The molecule has 5 rings (SSSR count). The lowest BCUT2D eigenvalue weighted by Gasteiger charge is -2.31. The van der Waals surface area contributed by atoms with Crippen molar-refractivity contribution in [3.63, 3.8) is 0 Å². The summed E-state index contributed by atoms with van der Waals surface area (Å²) < 4.78 is 27.7. The number of aryl methyl sites for hydroxylation is 1. The number of aliphatic hydroxyl groups excluding tert-OH is 1. The van der Waals surface area contributed by atoms with Crippen molar-refractivity contribution < 1.29 is 19.0 Å². The number of rotatable bonds is 8. The summed E-state index contributed by atoms with van der Waals surface area (Å²) in [5.41, 5.74) is 2.33. The zero-order valence-corrected chi connectivity index (χ0v) is 20.8. The van der Waals surface area contributed by atoms with E-state index >= 15 is 0 Å². The van der Waals surface area contributed by atoms with Crippen LogP contribution in [0.5, 0.6) is 11.6 Å². The highest BCUT2D eigenvalue weighted by Gasteiger charge is 2.23. The van der Waals surface area contributed by atoms with Crippen LogP contribution in [0.25, 0.3) is 16.8 Å². The van der Waals surface area contributed by atoms with Crippen LogP contribution in [0.2, 0.25) is 0 Å². The molecule has 1 fully saturated rings. The van der Waals surface area contributed by atoms with Crippen molar-refractivity contribution in [1.29, 1.82) is 5.26 Å². The summed E-state index contributed by atoms with van der Waals surface area (Å²) in [5.74, 6) is 1.08. The number of hydrogen-bond acceptors (Lipinski definition) is 9. The number of benzene rings is 1. The molecule has 10 nitrogen and oxygen atoms in total. The first-order chi connectivity index (χ1) is 18.4. The minimum Gasteiger partial charge on any atom is -0.506 e. The summed E-state index contributed by atoms with van der Waals surface area (Å²) in [4.78, 5) is 19.8. The molecule has 0 unspecified atom stereocenters. The number of piperidine rings is 1. The third-order valence-corrected chi connectivity index (χ3v) is 6.44. The molecule has 3 aromatic heterocycles. The number of pyridine rings is 1. The van der Waals surface area contributed by atoms with Crippen LogP contribution < -0.4 is 9.47 Å². The summed E-state index contributed by atoms with van der Waals surface area (Å²) in [7, 11) is 1.95. The summed E-state index contributed by atoms with van der Waals surface area (Å²) in [6.45, 7) is 5.88. The third-order valence-electron chi connectivity index (χ3n) is 6.44. The fourth-order valence-electron chi connectivity index (χ4n) is 4.35. The van der Waals surface area contributed by atoms with Gasteiger partial charge in [0.25, 0.3) is 0 Å². The standard InChI is InChI=1S/C27H26FN7O3/c1-17(36)21-12-23-22(14-31-21)32-26(34(23)2)15-35-9-6-19(7-10-35)38-27-5-8-30-25(33-27)16-37-24-4-3-18(13-29)11-20(24)28/h3-5,8,11-12,14,19,36H,1,6-7,9-10,15-16H2,2H3. The molecule has 0 atom stereocenters. The Morgan fingerprint density at radius 1 is 1.21 bits per heavy atom. The Morgan fingerprint density at radius 3 is 2.76 bits per heavy atom. The van der Waals surface area contributed by atoms with E-state index in [0.29, 0.717) is 23.9 Å². The molecule has 0 spiro atoms. The van der Waals surface area contributed by atoms with E-state index in [4.69, 9.17) is 19.7 Å². The maximum absolute atomic E-state index is 14.1. The van der Waals surface area contributed by atoms with Gasteiger partial charge in [0.1, 0.15) is 35.5 Å². The molecule has 0 radical (unpaired) electrons. The number of nitrogens with zero attached hydrogens (tertiary/aromatic N) is 7. The lowest BCUT2D eigenvalue weighted by Crippen LogP contribution is -2.38. The van der Waals surface area contributed by atoms with E-state index in [2.05, 4.69) is 26.4 Å². The van der Waals surface area contributed by atoms with Crippen LogP contribution in [0, 0.1) is 17.1 Å². The Balaban J connectivity index is 1.14. The molecule has 38 heavy (non-hydrogen) atoms. The van der Waals surface area contributed by atoms with Gasteiger partial charge in [0.2, 0.25) is 5.88 Å². The zero-order chi connectivity index (χ0) is 26.6. The van der Waals surface area contributed by atoms with E-state index in [1.807, 2.05) is 17.7 Å². The first kappa shape index (κ1) is 25.1. The molecule has 1 N–H and O–H groups in total. The smallest absolute Gasteiger partial charge is 0.216 e. The highest BCUT2D eigenvalue weighted by atomic mass is 19.1. The fraction of sp³-hybridized carbons (Fsp3) is 0.296.